The average Bonchev–Trinajstić information content (AvgIpc) is 2.72. The molecule has 4 rings (SSSR count). The van der Waals surface area contributed by atoms with Crippen LogP contribution in [0.3, 0.4) is 0 Å². The van der Waals surface area contributed by atoms with Gasteiger partial charge in [0.1, 0.15) is 13.1 Å². The summed E-state index contributed by atoms with van der Waals surface area (Å²) in [6.07, 6.45) is 0. The van der Waals surface area contributed by atoms with Gasteiger partial charge in [-0.05, 0) is 24.4 Å². The van der Waals surface area contributed by atoms with Gasteiger partial charge < -0.3 is 14.4 Å². The number of hydrogen-bond donors (Lipinski definition) is 1. The molecule has 1 aromatic heterocycles. The van der Waals surface area contributed by atoms with E-state index in [4.69, 9.17) is 0 Å². The van der Waals surface area contributed by atoms with Crippen LogP contribution in [0, 0.1) is 6.92 Å². The van der Waals surface area contributed by atoms with Crippen LogP contribution in [0.5, 0.6) is 0 Å². The number of pyridine rings is 1. The first-order chi connectivity index (χ1) is 13.6. The molecule has 144 valence electrons. The summed E-state index contributed by atoms with van der Waals surface area (Å²) in [5, 5.41) is 1.59. The molecular formula is C23H26N3O2+. The zero-order chi connectivity index (χ0) is 19.5. The van der Waals surface area contributed by atoms with E-state index in [1.54, 1.807) is 4.57 Å². The largest absolute Gasteiger partial charge is 0.330 e. The fourth-order valence-electron chi connectivity index (χ4n) is 3.99. The molecule has 0 spiro atoms. The van der Waals surface area contributed by atoms with E-state index in [2.05, 4.69) is 24.3 Å². The quantitative estimate of drug-likeness (QED) is 0.745. The van der Waals surface area contributed by atoms with Crippen LogP contribution < -0.4 is 10.5 Å². The molecule has 28 heavy (non-hydrogen) atoms. The summed E-state index contributed by atoms with van der Waals surface area (Å²) in [5.74, 6) is 0.0271. The van der Waals surface area contributed by atoms with Crippen LogP contribution in [0.4, 0.5) is 0 Å². The van der Waals surface area contributed by atoms with Crippen molar-refractivity contribution in [3.63, 3.8) is 0 Å². The van der Waals surface area contributed by atoms with Crippen LogP contribution in [0.1, 0.15) is 11.3 Å². The highest BCUT2D eigenvalue weighted by atomic mass is 16.2. The molecule has 0 atom stereocenters. The number of piperazine rings is 1. The Labute approximate surface area is 164 Å². The zero-order valence-corrected chi connectivity index (χ0v) is 16.2. The van der Waals surface area contributed by atoms with Gasteiger partial charge in [-0.3, -0.25) is 9.59 Å². The Morgan fingerprint density at radius 3 is 2.43 bits per heavy atom. The Kier molecular flexibility index (Phi) is 5.26. The normalized spacial score (nSPS) is 15.1. The monoisotopic (exact) mass is 376 g/mol. The van der Waals surface area contributed by atoms with E-state index >= 15 is 0 Å². The van der Waals surface area contributed by atoms with Gasteiger partial charge in [-0.1, -0.05) is 48.5 Å². The summed E-state index contributed by atoms with van der Waals surface area (Å²) >= 11 is 0. The lowest BCUT2D eigenvalue weighted by atomic mass is 10.1. The molecule has 0 aliphatic carbocycles. The summed E-state index contributed by atoms with van der Waals surface area (Å²) in [7, 11) is 0. The fourth-order valence-corrected chi connectivity index (χ4v) is 3.99. The minimum absolute atomic E-state index is 0.0271. The summed E-state index contributed by atoms with van der Waals surface area (Å²) in [6.45, 7) is 6.35. The maximum atomic E-state index is 12.8. The first kappa shape index (κ1) is 18.4. The van der Waals surface area contributed by atoms with E-state index in [-0.39, 0.29) is 18.0 Å². The average molecular weight is 376 g/mol. The molecule has 1 aliphatic rings. The zero-order valence-electron chi connectivity index (χ0n) is 16.2. The van der Waals surface area contributed by atoms with Gasteiger partial charge >= 0.3 is 0 Å². The number of rotatable bonds is 4. The summed E-state index contributed by atoms with van der Waals surface area (Å²) in [5.41, 5.74) is 2.07. The van der Waals surface area contributed by atoms with Gasteiger partial charge in [-0.15, -0.1) is 0 Å². The number of amides is 1. The highest BCUT2D eigenvalue weighted by Crippen LogP contribution is 2.11. The number of hydrogen-bond acceptors (Lipinski definition) is 2. The van der Waals surface area contributed by atoms with Crippen molar-refractivity contribution in [1.29, 1.82) is 0 Å². The number of nitrogens with zero attached hydrogens (tertiary/aromatic N) is 2. The topological polar surface area (TPSA) is 46.8 Å². The van der Waals surface area contributed by atoms with E-state index in [0.29, 0.717) is 5.39 Å². The maximum Gasteiger partial charge on any atom is 0.259 e. The first-order valence-electron chi connectivity index (χ1n) is 9.86. The molecule has 5 nitrogen and oxygen atoms in total. The lowest BCUT2D eigenvalue weighted by Gasteiger charge is -2.32. The van der Waals surface area contributed by atoms with Crippen molar-refractivity contribution < 1.29 is 9.69 Å². The Balaban J connectivity index is 1.41. The van der Waals surface area contributed by atoms with Gasteiger partial charge in [0, 0.05) is 16.6 Å². The fraction of sp³-hybridized carbons (Fsp3) is 0.304. The molecular weight excluding hydrogens is 350 g/mol. The number of quaternary nitrogens is 1. The van der Waals surface area contributed by atoms with Gasteiger partial charge in [0.25, 0.3) is 5.56 Å². The molecule has 1 N–H and O–H groups in total. The van der Waals surface area contributed by atoms with Gasteiger partial charge in [0.05, 0.1) is 26.2 Å². The lowest BCUT2D eigenvalue weighted by molar-refractivity contribution is -0.917. The number of fused-ring (bicyclic) bond motifs is 1. The highest BCUT2D eigenvalue weighted by molar-refractivity contribution is 5.82. The number of aryl methyl sites for hydroxylation is 1. The van der Waals surface area contributed by atoms with Gasteiger partial charge in [0.2, 0.25) is 5.91 Å². The Bertz CT molecular complexity index is 1030. The van der Waals surface area contributed by atoms with E-state index in [9.17, 15) is 9.59 Å². The van der Waals surface area contributed by atoms with Crippen molar-refractivity contribution in [3.05, 3.63) is 82.3 Å². The minimum atomic E-state index is -0.0858. The number of benzene rings is 2. The number of carbonyl (C=O) groups is 1. The van der Waals surface area contributed by atoms with Gasteiger partial charge in [-0.2, -0.15) is 0 Å². The number of aromatic nitrogens is 1. The van der Waals surface area contributed by atoms with Crippen LogP contribution in [-0.2, 0) is 17.9 Å². The first-order valence-corrected chi connectivity index (χ1v) is 9.86. The summed E-state index contributed by atoms with van der Waals surface area (Å²) < 4.78 is 1.61. The molecule has 2 aromatic carbocycles. The molecule has 2 heterocycles. The van der Waals surface area contributed by atoms with E-state index in [1.165, 1.54) is 10.5 Å². The van der Waals surface area contributed by atoms with Crippen LogP contribution in [0.15, 0.2) is 65.5 Å². The van der Waals surface area contributed by atoms with E-state index in [1.807, 2.05) is 48.2 Å². The lowest BCUT2D eigenvalue weighted by Crippen LogP contribution is -3.13. The van der Waals surface area contributed by atoms with Crippen LogP contribution in [-0.4, -0.2) is 41.6 Å². The highest BCUT2D eigenvalue weighted by Gasteiger charge is 2.24. The maximum absolute atomic E-state index is 12.8. The second kappa shape index (κ2) is 7.98. The predicted molar refractivity (Wildman–Crippen MR) is 110 cm³/mol. The van der Waals surface area contributed by atoms with E-state index in [0.717, 1.165) is 43.8 Å². The second-order valence-electron chi connectivity index (χ2n) is 7.56. The van der Waals surface area contributed by atoms with Crippen molar-refractivity contribution in [1.82, 2.24) is 9.47 Å². The van der Waals surface area contributed by atoms with Crippen molar-refractivity contribution in [2.45, 2.75) is 20.0 Å². The smallest absolute Gasteiger partial charge is 0.259 e. The second-order valence-corrected chi connectivity index (χ2v) is 7.56. The Morgan fingerprint density at radius 1 is 1.00 bits per heavy atom. The molecule has 0 radical (unpaired) electrons. The molecule has 1 saturated heterocycles. The summed E-state index contributed by atoms with van der Waals surface area (Å²) in [4.78, 5) is 29.0. The van der Waals surface area contributed by atoms with Crippen molar-refractivity contribution in [2.24, 2.45) is 0 Å². The Morgan fingerprint density at radius 2 is 1.68 bits per heavy atom. The van der Waals surface area contributed by atoms with Crippen molar-refractivity contribution >= 4 is 16.7 Å². The third-order valence-electron chi connectivity index (χ3n) is 5.64. The van der Waals surface area contributed by atoms with Gasteiger partial charge in [0.15, 0.2) is 0 Å². The molecule has 5 heteroatoms. The molecule has 1 fully saturated rings. The van der Waals surface area contributed by atoms with E-state index < -0.39 is 0 Å². The molecule has 3 aromatic rings. The van der Waals surface area contributed by atoms with Crippen LogP contribution in [0.2, 0.25) is 0 Å². The Hall–Kier alpha value is -2.92. The molecule has 0 unspecified atom stereocenters. The van der Waals surface area contributed by atoms with Crippen molar-refractivity contribution in [3.8, 4) is 0 Å². The third kappa shape index (κ3) is 3.85. The standard InChI is InChI=1S/C23H25N3O2/c1-18-15-20-9-5-6-10-21(20)23(28)26(18)17-22(27)25-13-11-24(12-14-25)16-19-7-3-2-4-8-19/h2-10,15H,11-14,16-17H2,1H3/p+1. The molecule has 1 aliphatic heterocycles. The molecule has 0 saturated carbocycles. The molecule has 0 bridgehead atoms. The summed E-state index contributed by atoms with van der Waals surface area (Å²) in [6, 6.07) is 20.0. The minimum Gasteiger partial charge on any atom is -0.330 e. The SMILES string of the molecule is Cc1cc2ccccc2c(=O)n1CC(=O)N1CC[NH+](Cc2ccccc2)CC1. The van der Waals surface area contributed by atoms with Crippen molar-refractivity contribution in [2.75, 3.05) is 26.2 Å². The van der Waals surface area contributed by atoms with Crippen LogP contribution in [0.25, 0.3) is 10.8 Å². The number of nitrogens with one attached hydrogen (secondary N) is 1. The third-order valence-corrected chi connectivity index (χ3v) is 5.64. The molecule has 1 amide bonds. The van der Waals surface area contributed by atoms with Gasteiger partial charge in [-0.25, -0.2) is 0 Å². The predicted octanol–water partition coefficient (Wildman–Crippen LogP) is 1.24. The van der Waals surface area contributed by atoms with Crippen LogP contribution >= 0.6 is 0 Å². The number of carbonyl (C=O) groups excluding carboxylic acids is 1.